The van der Waals surface area contributed by atoms with Gasteiger partial charge >= 0.3 is 0 Å². The maximum Gasteiger partial charge on any atom is 0.238 e. The summed E-state index contributed by atoms with van der Waals surface area (Å²) in [5, 5.41) is 0. The molecule has 3 fully saturated rings. The van der Waals surface area contributed by atoms with Gasteiger partial charge in [-0.1, -0.05) is 12.2 Å². The Labute approximate surface area is 132 Å². The number of fused-ring (bicyclic) bond motifs is 4. The molecule has 1 saturated heterocycles. The Balaban J connectivity index is 1.42. The van der Waals surface area contributed by atoms with Crippen molar-refractivity contribution in [3.63, 3.8) is 0 Å². The maximum atomic E-state index is 13.0. The molecule has 23 heavy (non-hydrogen) atoms. The third-order valence-electron chi connectivity index (χ3n) is 6.47. The fraction of sp³-hybridized carbons (Fsp3) is 0.444. The number of nitrogens with zero attached hydrogens (tertiary/aromatic N) is 1. The van der Waals surface area contributed by atoms with Crippen LogP contribution in [0.1, 0.15) is 12.8 Å². The highest BCUT2D eigenvalue weighted by Crippen LogP contribution is 2.73. The van der Waals surface area contributed by atoms with Crippen molar-refractivity contribution in [3.05, 3.63) is 30.4 Å². The Morgan fingerprint density at radius 3 is 2.26 bits per heavy atom. The number of hydrogen-bond acceptors (Lipinski definition) is 4. The average Bonchev–Trinajstić information content (AvgIpc) is 2.83. The summed E-state index contributed by atoms with van der Waals surface area (Å²) in [4.78, 5) is 27.4. The minimum Gasteiger partial charge on any atom is -0.454 e. The van der Waals surface area contributed by atoms with Crippen molar-refractivity contribution in [2.24, 2.45) is 29.1 Å². The van der Waals surface area contributed by atoms with Gasteiger partial charge in [0.1, 0.15) is 0 Å². The number of benzene rings is 1. The smallest absolute Gasteiger partial charge is 0.238 e. The maximum absolute atomic E-state index is 13.0. The molecule has 0 N–H and O–H groups in total. The Morgan fingerprint density at radius 1 is 0.957 bits per heavy atom. The summed E-state index contributed by atoms with van der Waals surface area (Å²) in [6, 6.07) is 5.27. The quantitative estimate of drug-likeness (QED) is 0.589. The molecule has 5 aliphatic rings. The molecule has 2 aliphatic heterocycles. The first-order chi connectivity index (χ1) is 11.2. The van der Waals surface area contributed by atoms with E-state index in [1.807, 2.05) is 0 Å². The third kappa shape index (κ3) is 1.23. The van der Waals surface area contributed by atoms with Crippen LogP contribution in [0.15, 0.2) is 30.4 Å². The van der Waals surface area contributed by atoms with Gasteiger partial charge in [0.05, 0.1) is 17.5 Å². The Bertz CT molecular complexity index is 775. The van der Waals surface area contributed by atoms with Crippen LogP contribution in [0.5, 0.6) is 11.5 Å². The van der Waals surface area contributed by atoms with E-state index in [2.05, 4.69) is 12.2 Å². The molecule has 5 nitrogen and oxygen atoms in total. The van der Waals surface area contributed by atoms with Crippen molar-refractivity contribution >= 4 is 17.5 Å². The van der Waals surface area contributed by atoms with Crippen LogP contribution in [0.3, 0.4) is 0 Å². The topological polar surface area (TPSA) is 55.8 Å². The SMILES string of the molecule is O=C1[C@@H]2[C@H](C(=O)N1c1ccc3c(c1)OCO3)[C@H]1C=C[C@@H]2C12CC2. The van der Waals surface area contributed by atoms with Crippen LogP contribution in [0.4, 0.5) is 5.69 Å². The molecule has 0 aromatic heterocycles. The molecule has 2 saturated carbocycles. The van der Waals surface area contributed by atoms with Crippen molar-refractivity contribution in [3.8, 4) is 11.5 Å². The van der Waals surface area contributed by atoms with Gasteiger partial charge in [0.2, 0.25) is 18.6 Å². The van der Waals surface area contributed by atoms with Crippen LogP contribution in [0, 0.1) is 29.1 Å². The molecule has 6 rings (SSSR count). The molecule has 2 amide bonds. The fourth-order valence-corrected chi connectivity index (χ4v) is 5.36. The van der Waals surface area contributed by atoms with Crippen LogP contribution in [-0.4, -0.2) is 18.6 Å². The van der Waals surface area contributed by atoms with Crippen LogP contribution in [0.2, 0.25) is 0 Å². The number of carbonyl (C=O) groups is 2. The summed E-state index contributed by atoms with van der Waals surface area (Å²) < 4.78 is 10.7. The van der Waals surface area contributed by atoms with Crippen molar-refractivity contribution in [2.45, 2.75) is 12.8 Å². The van der Waals surface area contributed by atoms with Crippen LogP contribution < -0.4 is 14.4 Å². The number of hydrogen-bond donors (Lipinski definition) is 0. The summed E-state index contributed by atoms with van der Waals surface area (Å²) in [5.74, 6) is 1.37. The van der Waals surface area contributed by atoms with E-state index >= 15 is 0 Å². The molecular weight excluding hydrogens is 294 g/mol. The number of ether oxygens (including phenoxy) is 2. The van der Waals surface area contributed by atoms with Crippen molar-refractivity contribution in [2.75, 3.05) is 11.7 Å². The van der Waals surface area contributed by atoms with Gasteiger partial charge in [-0.05, 0) is 42.2 Å². The first-order valence-corrected chi connectivity index (χ1v) is 8.16. The van der Waals surface area contributed by atoms with Gasteiger partial charge in [0, 0.05) is 6.07 Å². The zero-order valence-electron chi connectivity index (χ0n) is 12.4. The molecule has 1 spiro atoms. The van der Waals surface area contributed by atoms with E-state index in [0.717, 1.165) is 12.8 Å². The van der Waals surface area contributed by atoms with Crippen molar-refractivity contribution in [1.29, 1.82) is 0 Å². The highest BCUT2D eigenvalue weighted by atomic mass is 16.7. The van der Waals surface area contributed by atoms with E-state index in [4.69, 9.17) is 9.47 Å². The van der Waals surface area contributed by atoms with Crippen molar-refractivity contribution < 1.29 is 19.1 Å². The lowest BCUT2D eigenvalue weighted by Crippen LogP contribution is -2.34. The molecule has 1 aromatic rings. The lowest BCUT2D eigenvalue weighted by molar-refractivity contribution is -0.123. The van der Waals surface area contributed by atoms with Crippen LogP contribution in [-0.2, 0) is 9.59 Å². The predicted molar refractivity (Wildman–Crippen MR) is 79.8 cm³/mol. The number of imide groups is 1. The Hall–Kier alpha value is -2.30. The minimum absolute atomic E-state index is 0.0398. The lowest BCUT2D eigenvalue weighted by atomic mass is 9.85. The van der Waals surface area contributed by atoms with Gasteiger partial charge in [0.25, 0.3) is 0 Å². The largest absolute Gasteiger partial charge is 0.454 e. The standard InChI is InChI=1S/C18H15NO4/c20-16-14-10-2-3-11(18(10)5-6-18)15(14)17(21)19(16)9-1-4-12-13(7-9)23-8-22-12/h1-4,7,10-11,14-15H,5-6,8H2/t10-,11+,14-,15+. The van der Waals surface area contributed by atoms with Gasteiger partial charge in [0.15, 0.2) is 11.5 Å². The zero-order chi connectivity index (χ0) is 15.3. The van der Waals surface area contributed by atoms with Gasteiger partial charge in [-0.15, -0.1) is 0 Å². The lowest BCUT2D eigenvalue weighted by Gasteiger charge is -2.21. The normalized spacial score (nSPS) is 37.1. The first-order valence-electron chi connectivity index (χ1n) is 8.16. The summed E-state index contributed by atoms with van der Waals surface area (Å²) in [7, 11) is 0. The molecule has 2 bridgehead atoms. The number of allylic oxidation sites excluding steroid dienone is 2. The highest BCUT2D eigenvalue weighted by Gasteiger charge is 2.73. The molecule has 1 aromatic carbocycles. The molecular formula is C18H15NO4. The Kier molecular flexibility index (Phi) is 1.91. The second kappa shape index (κ2) is 3.61. The molecule has 0 radical (unpaired) electrons. The second-order valence-electron chi connectivity index (χ2n) is 7.27. The molecule has 5 heteroatoms. The molecule has 4 atom stereocenters. The fourth-order valence-electron chi connectivity index (χ4n) is 5.36. The van der Waals surface area contributed by atoms with Crippen molar-refractivity contribution in [1.82, 2.24) is 0 Å². The number of rotatable bonds is 1. The van der Waals surface area contributed by atoms with Gasteiger partial charge < -0.3 is 9.47 Å². The van der Waals surface area contributed by atoms with Gasteiger partial charge in [-0.25, -0.2) is 4.90 Å². The third-order valence-corrected chi connectivity index (χ3v) is 6.47. The highest BCUT2D eigenvalue weighted by molar-refractivity contribution is 6.23. The molecule has 3 aliphatic carbocycles. The molecule has 116 valence electrons. The summed E-state index contributed by atoms with van der Waals surface area (Å²) in [5.41, 5.74) is 0.838. The number of anilines is 1. The van der Waals surface area contributed by atoms with E-state index in [0.29, 0.717) is 17.2 Å². The second-order valence-corrected chi connectivity index (χ2v) is 7.27. The number of carbonyl (C=O) groups excluding carboxylic acids is 2. The summed E-state index contributed by atoms with van der Waals surface area (Å²) >= 11 is 0. The van der Waals surface area contributed by atoms with E-state index in [-0.39, 0.29) is 47.7 Å². The van der Waals surface area contributed by atoms with E-state index < -0.39 is 0 Å². The van der Waals surface area contributed by atoms with Gasteiger partial charge in [-0.3, -0.25) is 9.59 Å². The van der Waals surface area contributed by atoms with Crippen LogP contribution in [0.25, 0.3) is 0 Å². The van der Waals surface area contributed by atoms with E-state index in [1.54, 1.807) is 18.2 Å². The van der Waals surface area contributed by atoms with Gasteiger partial charge in [-0.2, -0.15) is 0 Å². The van der Waals surface area contributed by atoms with E-state index in [1.165, 1.54) is 4.90 Å². The summed E-state index contributed by atoms with van der Waals surface area (Å²) in [6.45, 7) is 0.183. The zero-order valence-corrected chi connectivity index (χ0v) is 12.4. The number of amides is 2. The first kappa shape index (κ1) is 12.2. The minimum atomic E-state index is -0.162. The average molecular weight is 309 g/mol. The monoisotopic (exact) mass is 309 g/mol. The predicted octanol–water partition coefficient (Wildman–Crippen LogP) is 2.12. The van der Waals surface area contributed by atoms with E-state index in [9.17, 15) is 9.59 Å². The Morgan fingerprint density at radius 2 is 1.61 bits per heavy atom. The van der Waals surface area contributed by atoms with Crippen LogP contribution >= 0.6 is 0 Å². The molecule has 2 heterocycles. The molecule has 0 unspecified atom stereocenters. The summed E-state index contributed by atoms with van der Waals surface area (Å²) in [6.07, 6.45) is 6.69.